The third-order valence-corrected chi connectivity index (χ3v) is 5.33. The van der Waals surface area contributed by atoms with Gasteiger partial charge in [-0.3, -0.25) is 14.2 Å². The lowest BCUT2D eigenvalue weighted by atomic mass is 10.3. The Bertz CT molecular complexity index is 1430. The first-order valence-corrected chi connectivity index (χ1v) is 9.82. The molecule has 0 aliphatic rings. The van der Waals surface area contributed by atoms with Crippen LogP contribution in [0.4, 0.5) is 10.1 Å². The number of methoxy groups -OCH3 is 1. The van der Waals surface area contributed by atoms with Crippen molar-refractivity contribution in [1.29, 1.82) is 0 Å². The molecular formula is C23H21FN4O4. The van der Waals surface area contributed by atoms with Crippen LogP contribution in [0.15, 0.2) is 64.2 Å². The molecule has 0 aliphatic carbocycles. The van der Waals surface area contributed by atoms with Gasteiger partial charge in [-0.1, -0.05) is 0 Å². The van der Waals surface area contributed by atoms with E-state index in [1.165, 1.54) is 28.8 Å². The summed E-state index contributed by atoms with van der Waals surface area (Å²) in [6, 6.07) is 13.5. The molecule has 0 aliphatic heterocycles. The van der Waals surface area contributed by atoms with Crippen molar-refractivity contribution in [1.82, 2.24) is 13.7 Å². The predicted molar refractivity (Wildman–Crippen MR) is 119 cm³/mol. The van der Waals surface area contributed by atoms with Crippen LogP contribution in [0.3, 0.4) is 0 Å². The molecule has 0 bridgehead atoms. The maximum absolute atomic E-state index is 13.4. The molecule has 0 spiro atoms. The highest BCUT2D eigenvalue weighted by atomic mass is 19.1. The van der Waals surface area contributed by atoms with Crippen molar-refractivity contribution < 1.29 is 13.9 Å². The topological polar surface area (TPSA) is 87.3 Å². The second kappa shape index (κ2) is 8.18. The summed E-state index contributed by atoms with van der Waals surface area (Å²) in [5.41, 5.74) is 0.885. The number of nitrogens with zero attached hydrogens (tertiary/aromatic N) is 3. The molecule has 0 radical (unpaired) electrons. The van der Waals surface area contributed by atoms with E-state index in [-0.39, 0.29) is 17.7 Å². The van der Waals surface area contributed by atoms with Gasteiger partial charge in [0.2, 0.25) is 5.91 Å². The van der Waals surface area contributed by atoms with Gasteiger partial charge in [-0.25, -0.2) is 13.8 Å². The van der Waals surface area contributed by atoms with Crippen molar-refractivity contribution in [3.05, 3.63) is 86.9 Å². The summed E-state index contributed by atoms with van der Waals surface area (Å²) >= 11 is 0. The van der Waals surface area contributed by atoms with Gasteiger partial charge in [0.25, 0.3) is 5.56 Å². The summed E-state index contributed by atoms with van der Waals surface area (Å²) in [6.07, 6.45) is 0. The molecule has 8 nitrogen and oxygen atoms in total. The Morgan fingerprint density at radius 1 is 1.06 bits per heavy atom. The van der Waals surface area contributed by atoms with Crippen molar-refractivity contribution in [3.63, 3.8) is 0 Å². The smallest absolute Gasteiger partial charge is 0.336 e. The van der Waals surface area contributed by atoms with Crippen LogP contribution in [0, 0.1) is 12.7 Å². The standard InChI is InChI=1S/C23H21FN4O4/c1-14-12-19-21(26(14)2)22(30)28(17-8-4-15(24)5-9-17)23(31)27(19)13-20(29)25-16-6-10-18(32-3)11-7-16/h4-12H,13H2,1-3H3,(H,25,29). The lowest BCUT2D eigenvalue weighted by Crippen LogP contribution is -2.41. The van der Waals surface area contributed by atoms with Gasteiger partial charge in [0, 0.05) is 18.4 Å². The third-order valence-electron chi connectivity index (χ3n) is 5.33. The van der Waals surface area contributed by atoms with Crippen LogP contribution in [-0.4, -0.2) is 26.7 Å². The van der Waals surface area contributed by atoms with Crippen molar-refractivity contribution in [3.8, 4) is 11.4 Å². The molecule has 9 heteroatoms. The second-order valence-electron chi connectivity index (χ2n) is 7.34. The summed E-state index contributed by atoms with van der Waals surface area (Å²) in [4.78, 5) is 39.2. The number of aryl methyl sites for hydroxylation is 2. The fourth-order valence-electron chi connectivity index (χ4n) is 3.58. The number of carbonyl (C=O) groups is 1. The maximum atomic E-state index is 13.4. The number of rotatable bonds is 5. The van der Waals surface area contributed by atoms with E-state index in [2.05, 4.69) is 5.32 Å². The van der Waals surface area contributed by atoms with Crippen LogP contribution in [0.25, 0.3) is 16.7 Å². The third kappa shape index (κ3) is 3.68. The second-order valence-corrected chi connectivity index (χ2v) is 7.34. The van der Waals surface area contributed by atoms with Gasteiger partial charge in [0.1, 0.15) is 23.6 Å². The number of benzene rings is 2. The van der Waals surface area contributed by atoms with E-state index in [1.807, 2.05) is 0 Å². The Morgan fingerprint density at radius 2 is 1.72 bits per heavy atom. The number of ether oxygens (including phenoxy) is 1. The van der Waals surface area contributed by atoms with Gasteiger partial charge in [-0.05, 0) is 61.5 Å². The molecule has 4 aromatic rings. The monoisotopic (exact) mass is 436 g/mol. The van der Waals surface area contributed by atoms with Crippen LogP contribution in [0.2, 0.25) is 0 Å². The average molecular weight is 436 g/mol. The number of anilines is 1. The first-order valence-electron chi connectivity index (χ1n) is 9.82. The normalized spacial score (nSPS) is 11.0. The zero-order chi connectivity index (χ0) is 23.0. The average Bonchev–Trinajstić information content (AvgIpc) is 3.07. The minimum absolute atomic E-state index is 0.214. The molecule has 0 fully saturated rings. The molecule has 2 heterocycles. The molecule has 1 amide bonds. The molecule has 1 N–H and O–H groups in total. The lowest BCUT2D eigenvalue weighted by molar-refractivity contribution is -0.116. The van der Waals surface area contributed by atoms with Crippen molar-refractivity contribution >= 4 is 22.6 Å². The van der Waals surface area contributed by atoms with E-state index in [0.29, 0.717) is 17.0 Å². The van der Waals surface area contributed by atoms with Crippen molar-refractivity contribution in [2.24, 2.45) is 7.05 Å². The number of halogens is 1. The van der Waals surface area contributed by atoms with E-state index in [1.54, 1.807) is 56.0 Å². The minimum atomic E-state index is -0.690. The molecule has 164 valence electrons. The van der Waals surface area contributed by atoms with Gasteiger partial charge in [0.05, 0.1) is 18.3 Å². The Labute approximate surface area is 182 Å². The fraction of sp³-hybridized carbons (Fsp3) is 0.174. The van der Waals surface area contributed by atoms with Crippen LogP contribution >= 0.6 is 0 Å². The predicted octanol–water partition coefficient (Wildman–Crippen LogP) is 2.59. The molecule has 0 unspecified atom stereocenters. The lowest BCUT2D eigenvalue weighted by Gasteiger charge is -2.13. The number of aromatic nitrogens is 3. The fourth-order valence-corrected chi connectivity index (χ4v) is 3.58. The van der Waals surface area contributed by atoms with E-state index in [4.69, 9.17) is 4.74 Å². The largest absolute Gasteiger partial charge is 0.497 e. The zero-order valence-electron chi connectivity index (χ0n) is 17.8. The molecule has 32 heavy (non-hydrogen) atoms. The summed E-state index contributed by atoms with van der Waals surface area (Å²) in [5.74, 6) is -0.284. The quantitative estimate of drug-likeness (QED) is 0.521. The van der Waals surface area contributed by atoms with Crippen LogP contribution in [0.5, 0.6) is 5.75 Å². The van der Waals surface area contributed by atoms with E-state index >= 15 is 0 Å². The summed E-state index contributed by atoms with van der Waals surface area (Å²) in [6.45, 7) is 1.49. The number of carbonyl (C=O) groups excluding carboxylic acids is 1. The number of fused-ring (bicyclic) bond motifs is 1. The van der Waals surface area contributed by atoms with Gasteiger partial charge in [-0.2, -0.15) is 0 Å². The Morgan fingerprint density at radius 3 is 2.34 bits per heavy atom. The minimum Gasteiger partial charge on any atom is -0.497 e. The van der Waals surface area contributed by atoms with Crippen LogP contribution in [-0.2, 0) is 18.4 Å². The van der Waals surface area contributed by atoms with Gasteiger partial charge in [-0.15, -0.1) is 0 Å². The van der Waals surface area contributed by atoms with E-state index in [0.717, 1.165) is 10.3 Å². The summed E-state index contributed by atoms with van der Waals surface area (Å²) in [7, 11) is 3.25. The Kier molecular flexibility index (Phi) is 5.40. The Balaban J connectivity index is 1.81. The van der Waals surface area contributed by atoms with Crippen molar-refractivity contribution in [2.75, 3.05) is 12.4 Å². The van der Waals surface area contributed by atoms with Gasteiger partial charge in [0.15, 0.2) is 0 Å². The molecular weight excluding hydrogens is 415 g/mol. The number of amides is 1. The Hall–Kier alpha value is -4.14. The van der Waals surface area contributed by atoms with Crippen LogP contribution in [0.1, 0.15) is 5.69 Å². The first-order chi connectivity index (χ1) is 15.3. The highest BCUT2D eigenvalue weighted by Crippen LogP contribution is 2.17. The van der Waals surface area contributed by atoms with Crippen LogP contribution < -0.4 is 21.3 Å². The number of hydrogen-bond acceptors (Lipinski definition) is 4. The zero-order valence-corrected chi connectivity index (χ0v) is 17.8. The molecule has 0 saturated heterocycles. The number of nitrogens with one attached hydrogen (secondary N) is 1. The van der Waals surface area contributed by atoms with Gasteiger partial charge < -0.3 is 14.6 Å². The highest BCUT2D eigenvalue weighted by Gasteiger charge is 2.20. The molecule has 4 rings (SSSR count). The molecule has 0 atom stereocenters. The SMILES string of the molecule is COc1ccc(NC(=O)Cn2c(=O)n(-c3ccc(F)cc3)c(=O)c3c2cc(C)n3C)cc1. The molecule has 0 saturated carbocycles. The molecule has 2 aromatic carbocycles. The summed E-state index contributed by atoms with van der Waals surface area (Å²) in [5, 5.41) is 2.74. The number of hydrogen-bond donors (Lipinski definition) is 1. The van der Waals surface area contributed by atoms with E-state index < -0.39 is 23.0 Å². The highest BCUT2D eigenvalue weighted by molar-refractivity contribution is 5.91. The van der Waals surface area contributed by atoms with Crippen molar-refractivity contribution in [2.45, 2.75) is 13.5 Å². The van der Waals surface area contributed by atoms with E-state index in [9.17, 15) is 18.8 Å². The molecule has 2 aromatic heterocycles. The maximum Gasteiger partial charge on any atom is 0.336 e. The summed E-state index contributed by atoms with van der Waals surface area (Å²) < 4.78 is 22.3. The van der Waals surface area contributed by atoms with Gasteiger partial charge >= 0.3 is 5.69 Å². The first kappa shape index (κ1) is 21.1.